The highest BCUT2D eigenvalue weighted by atomic mass is 35.5. The molecule has 21 heavy (non-hydrogen) atoms. The number of hydrogen-bond donors (Lipinski definition) is 1. The SMILES string of the molecule is O=C(Cc1c(F)cccc1Cl)NCCc1cccc(F)c1. The molecule has 5 heteroatoms. The summed E-state index contributed by atoms with van der Waals surface area (Å²) in [5, 5.41) is 2.90. The van der Waals surface area contributed by atoms with Gasteiger partial charge in [0.1, 0.15) is 11.6 Å². The molecular formula is C16H14ClF2NO. The fraction of sp³-hybridized carbons (Fsp3) is 0.188. The number of amides is 1. The lowest BCUT2D eigenvalue weighted by Crippen LogP contribution is -2.27. The Bertz CT molecular complexity index is 626. The highest BCUT2D eigenvalue weighted by molar-refractivity contribution is 6.31. The van der Waals surface area contributed by atoms with Gasteiger partial charge < -0.3 is 5.32 Å². The van der Waals surface area contributed by atoms with Gasteiger partial charge in [0.2, 0.25) is 5.91 Å². The zero-order valence-electron chi connectivity index (χ0n) is 11.2. The molecule has 2 rings (SSSR count). The molecule has 0 bridgehead atoms. The molecule has 2 aromatic rings. The van der Waals surface area contributed by atoms with Crippen molar-refractivity contribution >= 4 is 17.5 Å². The van der Waals surface area contributed by atoms with Crippen molar-refractivity contribution in [2.24, 2.45) is 0 Å². The Kier molecular flexibility index (Phi) is 5.28. The van der Waals surface area contributed by atoms with Gasteiger partial charge in [0.15, 0.2) is 0 Å². The molecule has 0 saturated heterocycles. The Hall–Kier alpha value is -1.94. The standard InChI is InChI=1S/C16H14ClF2NO/c17-14-5-2-6-15(19)13(14)10-16(21)20-8-7-11-3-1-4-12(18)9-11/h1-6,9H,7-8,10H2,(H,20,21). The van der Waals surface area contributed by atoms with Crippen molar-refractivity contribution in [2.45, 2.75) is 12.8 Å². The second-order valence-electron chi connectivity index (χ2n) is 4.61. The highest BCUT2D eigenvalue weighted by Crippen LogP contribution is 2.19. The van der Waals surface area contributed by atoms with Crippen LogP contribution in [-0.4, -0.2) is 12.5 Å². The molecule has 0 aliphatic carbocycles. The number of carbonyl (C=O) groups excluding carboxylic acids is 1. The quantitative estimate of drug-likeness (QED) is 0.899. The number of carbonyl (C=O) groups is 1. The van der Waals surface area contributed by atoms with Crippen molar-refractivity contribution in [1.82, 2.24) is 5.32 Å². The van der Waals surface area contributed by atoms with Crippen LogP contribution in [0.3, 0.4) is 0 Å². The van der Waals surface area contributed by atoms with Crippen LogP contribution in [0.4, 0.5) is 8.78 Å². The Morgan fingerprint density at radius 1 is 1.14 bits per heavy atom. The predicted octanol–water partition coefficient (Wildman–Crippen LogP) is 3.52. The summed E-state index contributed by atoms with van der Waals surface area (Å²) in [5.74, 6) is -1.13. The zero-order chi connectivity index (χ0) is 15.2. The van der Waals surface area contributed by atoms with Crippen LogP contribution in [0.5, 0.6) is 0 Å². The Labute approximate surface area is 126 Å². The van der Waals surface area contributed by atoms with E-state index < -0.39 is 5.82 Å². The van der Waals surface area contributed by atoms with Crippen molar-refractivity contribution in [1.29, 1.82) is 0 Å². The van der Waals surface area contributed by atoms with Gasteiger partial charge in [-0.3, -0.25) is 4.79 Å². The van der Waals surface area contributed by atoms with E-state index >= 15 is 0 Å². The summed E-state index contributed by atoms with van der Waals surface area (Å²) in [7, 11) is 0. The average molecular weight is 310 g/mol. The summed E-state index contributed by atoms with van der Waals surface area (Å²) >= 11 is 5.86. The number of rotatable bonds is 5. The third-order valence-corrected chi connectivity index (χ3v) is 3.38. The van der Waals surface area contributed by atoms with E-state index in [4.69, 9.17) is 11.6 Å². The van der Waals surface area contributed by atoms with E-state index in [0.29, 0.717) is 13.0 Å². The molecule has 0 atom stereocenters. The van der Waals surface area contributed by atoms with E-state index in [9.17, 15) is 13.6 Å². The van der Waals surface area contributed by atoms with Crippen LogP contribution < -0.4 is 5.32 Å². The van der Waals surface area contributed by atoms with Crippen molar-refractivity contribution in [3.8, 4) is 0 Å². The summed E-state index contributed by atoms with van der Waals surface area (Å²) in [6, 6.07) is 10.5. The van der Waals surface area contributed by atoms with E-state index in [2.05, 4.69) is 5.32 Å². The average Bonchev–Trinajstić information content (AvgIpc) is 2.43. The number of halogens is 3. The monoisotopic (exact) mass is 309 g/mol. The van der Waals surface area contributed by atoms with Crippen LogP contribution >= 0.6 is 11.6 Å². The second kappa shape index (κ2) is 7.18. The molecule has 2 nitrogen and oxygen atoms in total. The molecule has 0 aromatic heterocycles. The van der Waals surface area contributed by atoms with Crippen molar-refractivity contribution < 1.29 is 13.6 Å². The van der Waals surface area contributed by atoms with Crippen molar-refractivity contribution in [3.63, 3.8) is 0 Å². The second-order valence-corrected chi connectivity index (χ2v) is 5.01. The normalized spacial score (nSPS) is 10.4. The molecule has 1 amide bonds. The first-order valence-electron chi connectivity index (χ1n) is 6.50. The van der Waals surface area contributed by atoms with E-state index in [-0.39, 0.29) is 28.7 Å². The maximum absolute atomic E-state index is 13.5. The van der Waals surface area contributed by atoms with Crippen molar-refractivity contribution in [2.75, 3.05) is 6.54 Å². The topological polar surface area (TPSA) is 29.1 Å². The Morgan fingerprint density at radius 2 is 1.90 bits per heavy atom. The first-order valence-corrected chi connectivity index (χ1v) is 6.88. The lowest BCUT2D eigenvalue weighted by molar-refractivity contribution is -0.120. The number of benzene rings is 2. The summed E-state index contributed by atoms with van der Waals surface area (Å²) < 4.78 is 26.5. The van der Waals surface area contributed by atoms with Crippen LogP contribution in [0, 0.1) is 11.6 Å². The van der Waals surface area contributed by atoms with Crippen LogP contribution in [0.2, 0.25) is 5.02 Å². The van der Waals surface area contributed by atoms with E-state index in [1.807, 2.05) is 0 Å². The predicted molar refractivity (Wildman–Crippen MR) is 78.2 cm³/mol. The Balaban J connectivity index is 1.85. The van der Waals surface area contributed by atoms with Gasteiger partial charge in [-0.2, -0.15) is 0 Å². The molecule has 110 valence electrons. The lowest BCUT2D eigenvalue weighted by atomic mass is 10.1. The van der Waals surface area contributed by atoms with Crippen LogP contribution in [0.25, 0.3) is 0 Å². The van der Waals surface area contributed by atoms with Gasteiger partial charge in [-0.15, -0.1) is 0 Å². The molecule has 0 aliphatic rings. The largest absolute Gasteiger partial charge is 0.355 e. The number of nitrogens with one attached hydrogen (secondary N) is 1. The first kappa shape index (κ1) is 15.4. The van der Waals surface area contributed by atoms with Gasteiger partial charge in [-0.25, -0.2) is 8.78 Å². The summed E-state index contributed by atoms with van der Waals surface area (Å²) in [4.78, 5) is 11.8. The molecule has 0 aliphatic heterocycles. The van der Waals surface area contributed by atoms with Crippen LogP contribution in [0.1, 0.15) is 11.1 Å². The van der Waals surface area contributed by atoms with E-state index in [1.54, 1.807) is 18.2 Å². The Morgan fingerprint density at radius 3 is 2.62 bits per heavy atom. The maximum atomic E-state index is 13.5. The molecular weight excluding hydrogens is 296 g/mol. The zero-order valence-corrected chi connectivity index (χ0v) is 12.0. The molecule has 0 spiro atoms. The molecule has 0 saturated carbocycles. The maximum Gasteiger partial charge on any atom is 0.224 e. The first-order chi connectivity index (χ1) is 10.1. The summed E-state index contributed by atoms with van der Waals surface area (Å²) in [6.07, 6.45) is 0.392. The minimum atomic E-state index is -0.497. The molecule has 0 fully saturated rings. The fourth-order valence-corrected chi connectivity index (χ4v) is 2.19. The summed E-state index contributed by atoms with van der Waals surface area (Å²) in [6.45, 7) is 0.356. The third kappa shape index (κ3) is 4.53. The third-order valence-electron chi connectivity index (χ3n) is 3.02. The van der Waals surface area contributed by atoms with E-state index in [1.165, 1.54) is 24.3 Å². The molecule has 0 heterocycles. The van der Waals surface area contributed by atoms with Gasteiger partial charge in [-0.05, 0) is 36.2 Å². The van der Waals surface area contributed by atoms with Crippen LogP contribution in [-0.2, 0) is 17.6 Å². The van der Waals surface area contributed by atoms with Gasteiger partial charge in [0.05, 0.1) is 6.42 Å². The molecule has 0 radical (unpaired) electrons. The summed E-state index contributed by atoms with van der Waals surface area (Å²) in [5.41, 5.74) is 0.974. The fourth-order valence-electron chi connectivity index (χ4n) is 1.96. The minimum Gasteiger partial charge on any atom is -0.355 e. The lowest BCUT2D eigenvalue weighted by Gasteiger charge is -2.07. The van der Waals surface area contributed by atoms with Crippen molar-refractivity contribution in [3.05, 3.63) is 70.2 Å². The van der Waals surface area contributed by atoms with Gasteiger partial charge in [-0.1, -0.05) is 29.8 Å². The van der Waals surface area contributed by atoms with Crippen LogP contribution in [0.15, 0.2) is 42.5 Å². The van der Waals surface area contributed by atoms with Gasteiger partial charge >= 0.3 is 0 Å². The van der Waals surface area contributed by atoms with Gasteiger partial charge in [0, 0.05) is 17.1 Å². The smallest absolute Gasteiger partial charge is 0.224 e. The van der Waals surface area contributed by atoms with E-state index in [0.717, 1.165) is 5.56 Å². The number of hydrogen-bond acceptors (Lipinski definition) is 1. The van der Waals surface area contributed by atoms with Gasteiger partial charge in [0.25, 0.3) is 0 Å². The molecule has 1 N–H and O–H groups in total. The minimum absolute atomic E-state index is 0.116. The molecule has 0 unspecified atom stereocenters. The highest BCUT2D eigenvalue weighted by Gasteiger charge is 2.11. The molecule has 2 aromatic carbocycles.